The largest absolute Gasteiger partial charge is 0.484 e. The number of hydrazone groups is 1. The molecule has 0 radical (unpaired) electrons. The second kappa shape index (κ2) is 13.6. The number of dihydropyridines is 1. The van der Waals surface area contributed by atoms with E-state index in [0.29, 0.717) is 44.6 Å². The highest BCUT2D eigenvalue weighted by molar-refractivity contribution is 6.30. The van der Waals surface area contributed by atoms with Gasteiger partial charge in [-0.2, -0.15) is 5.10 Å². The molecule has 0 saturated carbocycles. The first-order chi connectivity index (χ1) is 18.7. The van der Waals surface area contributed by atoms with Crippen molar-refractivity contribution >= 4 is 35.2 Å². The molecule has 2 N–H and O–H groups in total. The molecule has 0 bridgehead atoms. The van der Waals surface area contributed by atoms with Crippen molar-refractivity contribution in [2.24, 2.45) is 5.10 Å². The number of rotatable bonds is 10. The fraction of sp³-hybridized carbons (Fsp3) is 0.310. The lowest BCUT2D eigenvalue weighted by atomic mass is 9.80. The molecule has 0 unspecified atom stereocenters. The third kappa shape index (κ3) is 7.48. The Morgan fingerprint density at radius 1 is 0.897 bits per heavy atom. The molecule has 9 nitrogen and oxygen atoms in total. The predicted octanol–water partition coefficient (Wildman–Crippen LogP) is 4.62. The number of nitrogens with one attached hydrogen (secondary N) is 2. The molecule has 0 saturated heterocycles. The average molecular weight is 554 g/mol. The maximum atomic E-state index is 12.9. The van der Waals surface area contributed by atoms with Gasteiger partial charge >= 0.3 is 11.9 Å². The highest BCUT2D eigenvalue weighted by Gasteiger charge is 2.37. The van der Waals surface area contributed by atoms with Crippen LogP contribution in [-0.4, -0.2) is 43.4 Å². The number of carbonyl (C=O) groups excluding carboxylic acids is 3. The third-order valence-corrected chi connectivity index (χ3v) is 6.20. The molecular weight excluding hydrogens is 522 g/mol. The van der Waals surface area contributed by atoms with E-state index in [4.69, 9.17) is 25.8 Å². The lowest BCUT2D eigenvalue weighted by Gasteiger charge is -2.30. The van der Waals surface area contributed by atoms with Crippen LogP contribution in [-0.2, 0) is 23.9 Å². The van der Waals surface area contributed by atoms with Gasteiger partial charge in [0.2, 0.25) is 0 Å². The van der Waals surface area contributed by atoms with Gasteiger partial charge in [-0.3, -0.25) is 4.79 Å². The van der Waals surface area contributed by atoms with Gasteiger partial charge in [-0.25, -0.2) is 15.0 Å². The Bertz CT molecular complexity index is 1270. The molecule has 0 fully saturated rings. The van der Waals surface area contributed by atoms with Crippen molar-refractivity contribution in [1.29, 1.82) is 0 Å². The Kier molecular flexibility index (Phi) is 10.3. The van der Waals surface area contributed by atoms with Crippen molar-refractivity contribution in [3.63, 3.8) is 0 Å². The molecule has 1 amide bonds. The lowest BCUT2D eigenvalue weighted by Crippen LogP contribution is -2.32. The van der Waals surface area contributed by atoms with E-state index in [1.807, 2.05) is 12.1 Å². The standard InChI is InChI=1S/C29H32ClN3O6/c1-6-37-28(35)25-18(4)31-19(5)26(29(36)38-7-2)27(25)21-10-14-23(15-11-21)39-16-24(34)33-32-17(3)20-8-12-22(30)13-9-20/h8-15,27,31H,6-7,16H2,1-5H3,(H,33,34)/b32-17+. The Morgan fingerprint density at radius 3 is 1.95 bits per heavy atom. The molecule has 1 aliphatic rings. The van der Waals surface area contributed by atoms with Gasteiger partial charge in [-0.05, 0) is 70.0 Å². The van der Waals surface area contributed by atoms with Crippen LogP contribution < -0.4 is 15.5 Å². The summed E-state index contributed by atoms with van der Waals surface area (Å²) >= 11 is 5.90. The van der Waals surface area contributed by atoms with Crippen LogP contribution in [0.15, 0.2) is 76.2 Å². The summed E-state index contributed by atoms with van der Waals surface area (Å²) in [6, 6.07) is 13.9. The summed E-state index contributed by atoms with van der Waals surface area (Å²) in [6.45, 7) is 8.86. The normalized spacial score (nSPS) is 14.1. The fourth-order valence-corrected chi connectivity index (χ4v) is 4.25. The van der Waals surface area contributed by atoms with Gasteiger partial charge in [0.25, 0.3) is 5.91 Å². The molecule has 10 heteroatoms. The molecule has 2 aromatic rings. The van der Waals surface area contributed by atoms with Crippen molar-refractivity contribution in [2.45, 2.75) is 40.5 Å². The first-order valence-corrected chi connectivity index (χ1v) is 12.9. The molecule has 39 heavy (non-hydrogen) atoms. The van der Waals surface area contributed by atoms with Crippen molar-refractivity contribution in [3.05, 3.63) is 87.2 Å². The number of hydrogen-bond donors (Lipinski definition) is 2. The molecule has 0 aliphatic carbocycles. The molecular formula is C29H32ClN3O6. The van der Waals surface area contributed by atoms with Crippen LogP contribution in [0.3, 0.4) is 0 Å². The monoisotopic (exact) mass is 553 g/mol. The average Bonchev–Trinajstić information content (AvgIpc) is 2.91. The number of ether oxygens (including phenoxy) is 3. The van der Waals surface area contributed by atoms with Crippen LogP contribution >= 0.6 is 11.6 Å². The molecule has 1 aliphatic heterocycles. The second-order valence-corrected chi connectivity index (χ2v) is 9.11. The van der Waals surface area contributed by atoms with Gasteiger partial charge < -0.3 is 19.5 Å². The van der Waals surface area contributed by atoms with Crippen LogP contribution in [0.5, 0.6) is 5.75 Å². The van der Waals surface area contributed by atoms with E-state index < -0.39 is 23.8 Å². The molecule has 0 atom stereocenters. The molecule has 1 heterocycles. The van der Waals surface area contributed by atoms with E-state index in [9.17, 15) is 14.4 Å². The van der Waals surface area contributed by atoms with Crippen LogP contribution in [0.4, 0.5) is 0 Å². The highest BCUT2D eigenvalue weighted by atomic mass is 35.5. The van der Waals surface area contributed by atoms with Crippen LogP contribution in [0.1, 0.15) is 51.7 Å². The van der Waals surface area contributed by atoms with Gasteiger partial charge in [-0.1, -0.05) is 35.9 Å². The van der Waals surface area contributed by atoms with Crippen molar-refractivity contribution in [3.8, 4) is 5.75 Å². The van der Waals surface area contributed by atoms with Crippen molar-refractivity contribution in [1.82, 2.24) is 10.7 Å². The van der Waals surface area contributed by atoms with Crippen LogP contribution in [0, 0.1) is 0 Å². The summed E-state index contributed by atoms with van der Waals surface area (Å²) in [7, 11) is 0. The summed E-state index contributed by atoms with van der Waals surface area (Å²) < 4.78 is 16.2. The van der Waals surface area contributed by atoms with Gasteiger partial charge in [0.05, 0.1) is 36.0 Å². The Morgan fingerprint density at radius 2 is 1.44 bits per heavy atom. The second-order valence-electron chi connectivity index (χ2n) is 8.67. The summed E-state index contributed by atoms with van der Waals surface area (Å²) in [6.07, 6.45) is 0. The van der Waals surface area contributed by atoms with Crippen molar-refractivity contribution in [2.75, 3.05) is 19.8 Å². The zero-order valence-electron chi connectivity index (χ0n) is 22.6. The Labute approximate surface area is 232 Å². The predicted molar refractivity (Wildman–Crippen MR) is 148 cm³/mol. The molecule has 2 aromatic carbocycles. The zero-order chi connectivity index (χ0) is 28.5. The number of amides is 1. The zero-order valence-corrected chi connectivity index (χ0v) is 23.3. The quantitative estimate of drug-likeness (QED) is 0.250. The molecule has 0 aromatic heterocycles. The number of carbonyl (C=O) groups is 3. The minimum Gasteiger partial charge on any atom is -0.484 e. The molecule has 0 spiro atoms. The first kappa shape index (κ1) is 29.4. The Balaban J connectivity index is 1.75. The maximum absolute atomic E-state index is 12.9. The topological polar surface area (TPSA) is 115 Å². The van der Waals surface area contributed by atoms with E-state index >= 15 is 0 Å². The van der Waals surface area contributed by atoms with E-state index in [1.165, 1.54) is 0 Å². The number of hydrogen-bond acceptors (Lipinski definition) is 8. The smallest absolute Gasteiger partial charge is 0.336 e. The highest BCUT2D eigenvalue weighted by Crippen LogP contribution is 2.39. The first-order valence-electron chi connectivity index (χ1n) is 12.5. The van der Waals surface area contributed by atoms with Crippen molar-refractivity contribution < 1.29 is 28.6 Å². The molecule has 206 valence electrons. The fourth-order valence-electron chi connectivity index (χ4n) is 4.13. The summed E-state index contributed by atoms with van der Waals surface area (Å²) in [5, 5.41) is 7.82. The van der Waals surface area contributed by atoms with E-state index in [0.717, 1.165) is 5.56 Å². The number of benzene rings is 2. The minimum atomic E-state index is -0.702. The van der Waals surface area contributed by atoms with E-state index in [2.05, 4.69) is 15.8 Å². The van der Waals surface area contributed by atoms with Gasteiger partial charge in [0.15, 0.2) is 6.61 Å². The van der Waals surface area contributed by atoms with Gasteiger partial charge in [-0.15, -0.1) is 0 Å². The maximum Gasteiger partial charge on any atom is 0.336 e. The van der Waals surface area contributed by atoms with E-state index in [-0.39, 0.29) is 19.8 Å². The SMILES string of the molecule is CCOC(=O)C1=C(C)NC(C)=C(C(=O)OCC)C1c1ccc(OCC(=O)N/N=C(\C)c2ccc(Cl)cc2)cc1. The number of nitrogens with zero attached hydrogens (tertiary/aromatic N) is 1. The number of halogens is 1. The Hall–Kier alpha value is -4.11. The minimum absolute atomic E-state index is 0.192. The number of allylic oxidation sites excluding steroid dienone is 2. The van der Waals surface area contributed by atoms with Gasteiger partial charge in [0, 0.05) is 16.4 Å². The number of esters is 2. The summed E-state index contributed by atoms with van der Waals surface area (Å²) in [5.74, 6) is -1.75. The van der Waals surface area contributed by atoms with Gasteiger partial charge in [0.1, 0.15) is 5.75 Å². The summed E-state index contributed by atoms with van der Waals surface area (Å²) in [4.78, 5) is 38.1. The lowest BCUT2D eigenvalue weighted by molar-refractivity contribution is -0.139. The van der Waals surface area contributed by atoms with Crippen LogP contribution in [0.25, 0.3) is 0 Å². The summed E-state index contributed by atoms with van der Waals surface area (Å²) in [5.41, 5.74) is 6.42. The third-order valence-electron chi connectivity index (χ3n) is 5.94. The van der Waals surface area contributed by atoms with Crippen LogP contribution in [0.2, 0.25) is 5.02 Å². The van der Waals surface area contributed by atoms with E-state index in [1.54, 1.807) is 71.0 Å². The molecule has 3 rings (SSSR count).